The first-order chi connectivity index (χ1) is 7.15. The third-order valence-corrected chi connectivity index (χ3v) is 3.51. The van der Waals surface area contributed by atoms with Crippen molar-refractivity contribution < 1.29 is 46.0 Å². The van der Waals surface area contributed by atoms with Gasteiger partial charge in [0.25, 0.3) is 0 Å². The summed E-state index contributed by atoms with van der Waals surface area (Å²) in [6.45, 7) is 2.15. The maximum atomic E-state index is 10.7. The van der Waals surface area contributed by atoms with Crippen LogP contribution < -0.4 is 29.6 Å². The molecule has 2 N–H and O–H groups in total. The molecule has 4 heteroatoms. The van der Waals surface area contributed by atoms with E-state index in [2.05, 4.69) is 6.92 Å². The molecule has 90 valence electrons. The fourth-order valence-electron chi connectivity index (χ4n) is 2.66. The van der Waals surface area contributed by atoms with E-state index in [9.17, 15) is 9.90 Å². The molecule has 0 aromatic carbocycles. The predicted octanol–water partition coefficient (Wildman–Crippen LogP) is -0.455. The van der Waals surface area contributed by atoms with E-state index < -0.39 is 5.97 Å². The molecule has 1 saturated carbocycles. The number of aliphatic hydroxyl groups is 1. The van der Waals surface area contributed by atoms with E-state index >= 15 is 0 Å². The molecular formula is C12H23NaO3. The minimum Gasteiger partial charge on any atom is -1.00 e. The van der Waals surface area contributed by atoms with E-state index in [-0.39, 0.29) is 55.3 Å². The zero-order valence-electron chi connectivity index (χ0n) is 11.5. The van der Waals surface area contributed by atoms with Gasteiger partial charge < -0.3 is 11.6 Å². The van der Waals surface area contributed by atoms with E-state index in [1.165, 1.54) is 12.8 Å². The number of rotatable bonds is 6. The number of hydrogen-bond acceptors (Lipinski definition) is 2. The monoisotopic (exact) mass is 238 g/mol. The summed E-state index contributed by atoms with van der Waals surface area (Å²) in [6.07, 6.45) is 6.11. The number of carboxylic acids is 1. The summed E-state index contributed by atoms with van der Waals surface area (Å²) in [7, 11) is 0. The average molecular weight is 238 g/mol. The number of aliphatic hydroxyl groups excluding tert-OH is 1. The van der Waals surface area contributed by atoms with Gasteiger partial charge in [-0.3, -0.25) is 4.79 Å². The van der Waals surface area contributed by atoms with Crippen molar-refractivity contribution in [2.24, 2.45) is 11.8 Å². The third-order valence-electron chi connectivity index (χ3n) is 3.51. The molecule has 1 aliphatic rings. The van der Waals surface area contributed by atoms with Crippen LogP contribution in [0.4, 0.5) is 0 Å². The second-order valence-electron chi connectivity index (χ2n) is 4.66. The molecule has 16 heavy (non-hydrogen) atoms. The maximum Gasteiger partial charge on any atom is 1.00 e. The van der Waals surface area contributed by atoms with Gasteiger partial charge in [0.05, 0.1) is 6.10 Å². The van der Waals surface area contributed by atoms with E-state index in [4.69, 9.17) is 5.11 Å². The standard InChI is InChI=1S/C12H22O3.Na.H/c1-2-3-4-5-10-9(8-12(14)15)6-7-11(10)13;;/h9-11,13H,2-8H2,1H3,(H,14,15);;/q;+1;-1. The molecule has 0 spiro atoms. The Morgan fingerprint density at radius 3 is 2.62 bits per heavy atom. The zero-order valence-corrected chi connectivity index (χ0v) is 12.5. The Balaban J connectivity index is 0. The van der Waals surface area contributed by atoms with Gasteiger partial charge in [0.2, 0.25) is 0 Å². The largest absolute Gasteiger partial charge is 1.00 e. The molecule has 1 rings (SSSR count). The first-order valence-electron chi connectivity index (χ1n) is 6.05. The van der Waals surface area contributed by atoms with Gasteiger partial charge in [-0.1, -0.05) is 26.2 Å². The van der Waals surface area contributed by atoms with Crippen LogP contribution in [0.15, 0.2) is 0 Å². The summed E-state index contributed by atoms with van der Waals surface area (Å²) >= 11 is 0. The summed E-state index contributed by atoms with van der Waals surface area (Å²) < 4.78 is 0. The Morgan fingerprint density at radius 1 is 1.38 bits per heavy atom. The summed E-state index contributed by atoms with van der Waals surface area (Å²) in [6, 6.07) is 0. The molecule has 0 aliphatic heterocycles. The topological polar surface area (TPSA) is 57.5 Å². The number of carboxylic acid groups (broad SMARTS) is 1. The van der Waals surface area contributed by atoms with Gasteiger partial charge in [0.15, 0.2) is 0 Å². The number of unbranched alkanes of at least 4 members (excludes halogenated alkanes) is 2. The third kappa shape index (κ3) is 5.17. The van der Waals surface area contributed by atoms with Crippen molar-refractivity contribution in [3.05, 3.63) is 0 Å². The van der Waals surface area contributed by atoms with Crippen molar-refractivity contribution in [3.63, 3.8) is 0 Å². The molecule has 0 amide bonds. The molecule has 0 aromatic heterocycles. The molecule has 3 unspecified atom stereocenters. The fourth-order valence-corrected chi connectivity index (χ4v) is 2.66. The summed E-state index contributed by atoms with van der Waals surface area (Å²) in [5, 5.41) is 18.5. The summed E-state index contributed by atoms with van der Waals surface area (Å²) in [5.41, 5.74) is 0. The number of hydrogen-bond donors (Lipinski definition) is 2. The molecule has 0 saturated heterocycles. The van der Waals surface area contributed by atoms with Crippen LogP contribution in [0.2, 0.25) is 0 Å². The van der Waals surface area contributed by atoms with Crippen molar-refractivity contribution in [3.8, 4) is 0 Å². The summed E-state index contributed by atoms with van der Waals surface area (Å²) in [4.78, 5) is 10.7. The van der Waals surface area contributed by atoms with Gasteiger partial charge in [0, 0.05) is 6.42 Å². The van der Waals surface area contributed by atoms with Gasteiger partial charge in [-0.25, -0.2) is 0 Å². The van der Waals surface area contributed by atoms with Crippen LogP contribution in [-0.2, 0) is 4.79 Å². The van der Waals surface area contributed by atoms with Crippen molar-refractivity contribution >= 4 is 5.97 Å². The molecule has 3 atom stereocenters. The second-order valence-corrected chi connectivity index (χ2v) is 4.66. The van der Waals surface area contributed by atoms with E-state index in [1.54, 1.807) is 0 Å². The van der Waals surface area contributed by atoms with Gasteiger partial charge in [-0.15, -0.1) is 0 Å². The quantitative estimate of drug-likeness (QED) is 0.486. The fraction of sp³-hybridized carbons (Fsp3) is 0.917. The number of aliphatic carboxylic acids is 1. The van der Waals surface area contributed by atoms with Crippen molar-refractivity contribution in [2.45, 2.75) is 58.0 Å². The molecular weight excluding hydrogens is 215 g/mol. The minimum absolute atomic E-state index is 0. The Labute approximate surface area is 121 Å². The van der Waals surface area contributed by atoms with Crippen molar-refractivity contribution in [1.82, 2.24) is 0 Å². The Hall–Kier alpha value is 0.430. The number of carbonyl (C=O) groups is 1. The van der Waals surface area contributed by atoms with E-state index in [0.717, 1.165) is 25.7 Å². The van der Waals surface area contributed by atoms with Crippen LogP contribution in [0.3, 0.4) is 0 Å². The SMILES string of the molecule is CCCCCC1C(O)CCC1CC(=O)O.[H-].[Na+]. The molecule has 0 radical (unpaired) electrons. The van der Waals surface area contributed by atoms with Crippen LogP contribution in [-0.4, -0.2) is 22.3 Å². The van der Waals surface area contributed by atoms with Crippen LogP contribution in [0.5, 0.6) is 0 Å². The molecule has 0 aromatic rings. The van der Waals surface area contributed by atoms with Gasteiger partial charge in [0.1, 0.15) is 0 Å². The van der Waals surface area contributed by atoms with Crippen LogP contribution in [0.25, 0.3) is 0 Å². The molecule has 0 heterocycles. The maximum absolute atomic E-state index is 10.7. The van der Waals surface area contributed by atoms with Crippen LogP contribution >= 0.6 is 0 Å². The van der Waals surface area contributed by atoms with E-state index in [1.807, 2.05) is 0 Å². The normalized spacial score (nSPS) is 28.8. The smallest absolute Gasteiger partial charge is 1.00 e. The molecule has 1 fully saturated rings. The van der Waals surface area contributed by atoms with Crippen molar-refractivity contribution in [1.29, 1.82) is 0 Å². The van der Waals surface area contributed by atoms with Gasteiger partial charge in [-0.05, 0) is 31.1 Å². The predicted molar refractivity (Wildman–Crippen MR) is 59.7 cm³/mol. The van der Waals surface area contributed by atoms with Gasteiger partial charge >= 0.3 is 35.5 Å². The molecule has 3 nitrogen and oxygen atoms in total. The minimum atomic E-state index is -0.727. The van der Waals surface area contributed by atoms with Crippen LogP contribution in [0, 0.1) is 11.8 Å². The molecule has 1 aliphatic carbocycles. The first kappa shape index (κ1) is 16.4. The Bertz CT molecular complexity index is 214. The molecule has 0 bridgehead atoms. The van der Waals surface area contributed by atoms with Crippen molar-refractivity contribution in [2.75, 3.05) is 0 Å². The van der Waals surface area contributed by atoms with Gasteiger partial charge in [-0.2, -0.15) is 0 Å². The second kappa shape index (κ2) is 8.51. The zero-order chi connectivity index (χ0) is 11.3. The Kier molecular flexibility index (Phi) is 8.74. The first-order valence-corrected chi connectivity index (χ1v) is 6.05. The summed E-state index contributed by atoms with van der Waals surface area (Å²) in [5.74, 6) is -0.295. The van der Waals surface area contributed by atoms with E-state index in [0.29, 0.717) is 0 Å². The van der Waals surface area contributed by atoms with Crippen LogP contribution in [0.1, 0.15) is 53.3 Å². The average Bonchev–Trinajstić information content (AvgIpc) is 2.49. The Morgan fingerprint density at radius 2 is 2.06 bits per heavy atom.